The topological polar surface area (TPSA) is 86.8 Å². The minimum Gasteiger partial charge on any atom is -0.357 e. The van der Waals surface area contributed by atoms with Crippen LogP contribution in [0.3, 0.4) is 0 Å². The predicted octanol–water partition coefficient (Wildman–Crippen LogP) is 4.62. The molecule has 0 saturated carbocycles. The van der Waals surface area contributed by atoms with E-state index in [4.69, 9.17) is 11.6 Å². The molecule has 0 aliphatic heterocycles. The molecule has 0 fully saturated rings. The number of rotatable bonds is 9. The average molecular weight is 542 g/mol. The second-order valence-corrected chi connectivity index (χ2v) is 11.3. The van der Waals surface area contributed by atoms with E-state index in [1.807, 2.05) is 38.1 Å². The van der Waals surface area contributed by atoms with Gasteiger partial charge in [0.2, 0.25) is 11.8 Å². The maximum Gasteiger partial charge on any atom is 0.264 e. The van der Waals surface area contributed by atoms with E-state index in [0.717, 1.165) is 21.0 Å². The molecule has 2 amide bonds. The first-order valence-corrected chi connectivity index (χ1v) is 13.7. The van der Waals surface area contributed by atoms with Crippen LogP contribution in [0.4, 0.5) is 5.69 Å². The summed E-state index contributed by atoms with van der Waals surface area (Å²) >= 11 is 6.14. The van der Waals surface area contributed by atoms with Crippen molar-refractivity contribution in [2.75, 3.05) is 17.9 Å². The van der Waals surface area contributed by atoms with Gasteiger partial charge in [0.15, 0.2) is 0 Å². The zero-order valence-electron chi connectivity index (χ0n) is 21.7. The van der Waals surface area contributed by atoms with Crippen LogP contribution in [0.25, 0.3) is 0 Å². The normalized spacial score (nSPS) is 12.1. The van der Waals surface area contributed by atoms with Crippen LogP contribution in [0.5, 0.6) is 0 Å². The van der Waals surface area contributed by atoms with Gasteiger partial charge in [-0.15, -0.1) is 0 Å². The summed E-state index contributed by atoms with van der Waals surface area (Å²) in [4.78, 5) is 27.9. The number of sulfonamides is 1. The molecule has 0 radical (unpaired) electrons. The number of benzene rings is 3. The highest BCUT2D eigenvalue weighted by Crippen LogP contribution is 2.29. The van der Waals surface area contributed by atoms with Gasteiger partial charge in [-0.2, -0.15) is 0 Å². The number of halogens is 1. The number of carbonyl (C=O) groups is 2. The predicted molar refractivity (Wildman–Crippen MR) is 147 cm³/mol. The highest BCUT2D eigenvalue weighted by atomic mass is 35.5. The average Bonchev–Trinajstić information content (AvgIpc) is 2.86. The molecule has 0 heterocycles. The Morgan fingerprint density at radius 2 is 1.59 bits per heavy atom. The zero-order chi connectivity index (χ0) is 27.3. The number of nitrogens with zero attached hydrogens (tertiary/aromatic N) is 2. The number of carbonyl (C=O) groups excluding carboxylic acids is 2. The van der Waals surface area contributed by atoms with Gasteiger partial charge in [-0.1, -0.05) is 53.6 Å². The lowest BCUT2D eigenvalue weighted by Crippen LogP contribution is -2.50. The van der Waals surface area contributed by atoms with E-state index in [-0.39, 0.29) is 17.3 Å². The van der Waals surface area contributed by atoms with Crippen LogP contribution >= 0.6 is 11.6 Å². The summed E-state index contributed by atoms with van der Waals surface area (Å²) in [5.74, 6) is -0.859. The minimum absolute atomic E-state index is 0.0602. The van der Waals surface area contributed by atoms with Crippen molar-refractivity contribution in [2.24, 2.45) is 0 Å². The molecule has 1 N–H and O–H groups in total. The molecule has 37 heavy (non-hydrogen) atoms. The Kier molecular flexibility index (Phi) is 8.99. The van der Waals surface area contributed by atoms with Crippen molar-refractivity contribution in [2.45, 2.75) is 45.2 Å². The van der Waals surface area contributed by atoms with Gasteiger partial charge in [0.05, 0.1) is 10.6 Å². The van der Waals surface area contributed by atoms with Crippen LogP contribution in [0.15, 0.2) is 71.6 Å². The first-order chi connectivity index (χ1) is 17.4. The van der Waals surface area contributed by atoms with E-state index in [0.29, 0.717) is 16.3 Å². The Labute approximate surface area is 224 Å². The molecule has 0 aliphatic carbocycles. The molecule has 3 rings (SSSR count). The maximum absolute atomic E-state index is 13.9. The van der Waals surface area contributed by atoms with Crippen molar-refractivity contribution in [3.8, 4) is 0 Å². The van der Waals surface area contributed by atoms with Crippen LogP contribution in [-0.4, -0.2) is 44.8 Å². The van der Waals surface area contributed by atoms with Crippen LogP contribution < -0.4 is 9.62 Å². The molecule has 0 spiro atoms. The fraction of sp³-hybridized carbons (Fsp3) is 0.286. The molecule has 7 nitrogen and oxygen atoms in total. The van der Waals surface area contributed by atoms with E-state index in [1.165, 1.54) is 24.1 Å². The van der Waals surface area contributed by atoms with Gasteiger partial charge >= 0.3 is 0 Å². The smallest absolute Gasteiger partial charge is 0.264 e. The largest absolute Gasteiger partial charge is 0.357 e. The van der Waals surface area contributed by atoms with Crippen LogP contribution in [0.1, 0.15) is 29.2 Å². The van der Waals surface area contributed by atoms with E-state index < -0.39 is 28.5 Å². The van der Waals surface area contributed by atoms with Crippen molar-refractivity contribution in [3.63, 3.8) is 0 Å². The second-order valence-electron chi connectivity index (χ2n) is 8.99. The van der Waals surface area contributed by atoms with Gasteiger partial charge in [0.1, 0.15) is 12.6 Å². The Bertz CT molecular complexity index is 1390. The molecule has 1 atom stereocenters. The summed E-state index contributed by atoms with van der Waals surface area (Å²) in [5, 5.41) is 3.04. The van der Waals surface area contributed by atoms with E-state index in [2.05, 4.69) is 5.32 Å². The van der Waals surface area contributed by atoms with Gasteiger partial charge in [0, 0.05) is 18.6 Å². The van der Waals surface area contributed by atoms with Gasteiger partial charge < -0.3 is 10.2 Å². The number of aryl methyl sites for hydroxylation is 3. The number of hydrogen-bond donors (Lipinski definition) is 1. The van der Waals surface area contributed by atoms with Crippen LogP contribution in [-0.2, 0) is 26.2 Å². The number of anilines is 1. The molecule has 0 unspecified atom stereocenters. The third kappa shape index (κ3) is 6.50. The first-order valence-electron chi connectivity index (χ1n) is 11.9. The summed E-state index contributed by atoms with van der Waals surface area (Å²) in [6.07, 6.45) is 0. The highest BCUT2D eigenvalue weighted by Gasteiger charge is 2.33. The molecule has 3 aromatic rings. The maximum atomic E-state index is 13.9. The van der Waals surface area contributed by atoms with E-state index in [9.17, 15) is 18.0 Å². The number of nitrogens with one attached hydrogen (secondary N) is 1. The molecular weight excluding hydrogens is 510 g/mol. The molecular formula is C28H32ClN3O4S. The van der Waals surface area contributed by atoms with Crippen molar-refractivity contribution in [1.82, 2.24) is 10.2 Å². The third-order valence-corrected chi connectivity index (χ3v) is 8.34. The zero-order valence-corrected chi connectivity index (χ0v) is 23.2. The Balaban J connectivity index is 2.08. The van der Waals surface area contributed by atoms with Crippen molar-refractivity contribution in [1.29, 1.82) is 0 Å². The van der Waals surface area contributed by atoms with Crippen molar-refractivity contribution < 1.29 is 18.0 Å². The molecule has 0 saturated heterocycles. The summed E-state index contributed by atoms with van der Waals surface area (Å²) in [5.41, 5.74) is 3.67. The molecule has 0 aliphatic rings. The fourth-order valence-corrected chi connectivity index (χ4v) is 5.72. The van der Waals surface area contributed by atoms with Gasteiger partial charge in [-0.3, -0.25) is 13.9 Å². The number of amides is 2. The Morgan fingerprint density at radius 3 is 2.19 bits per heavy atom. The summed E-state index contributed by atoms with van der Waals surface area (Å²) in [6.45, 7) is 6.81. The Hall–Kier alpha value is -3.36. The SMILES string of the molecule is CNC(=O)[C@@H](C)N(Cc1ccccc1C)C(=O)CN(c1ccc(Cl)cc1C)S(=O)(=O)c1ccc(C)cc1. The lowest BCUT2D eigenvalue weighted by Gasteiger charge is -2.32. The number of hydrogen-bond acceptors (Lipinski definition) is 4. The molecule has 0 aromatic heterocycles. The summed E-state index contributed by atoms with van der Waals surface area (Å²) in [7, 11) is -2.62. The number of likely N-dealkylation sites (N-methyl/N-ethyl adjacent to an activating group) is 1. The molecule has 196 valence electrons. The third-order valence-electron chi connectivity index (χ3n) is 6.33. The second kappa shape index (κ2) is 11.8. The van der Waals surface area contributed by atoms with Crippen molar-refractivity contribution >= 4 is 39.1 Å². The van der Waals surface area contributed by atoms with Gasteiger partial charge in [-0.25, -0.2) is 8.42 Å². The van der Waals surface area contributed by atoms with E-state index >= 15 is 0 Å². The first kappa shape index (κ1) is 28.2. The van der Waals surface area contributed by atoms with Crippen LogP contribution in [0.2, 0.25) is 5.02 Å². The lowest BCUT2D eigenvalue weighted by molar-refractivity contribution is -0.139. The lowest BCUT2D eigenvalue weighted by atomic mass is 10.1. The Morgan fingerprint density at radius 1 is 0.946 bits per heavy atom. The minimum atomic E-state index is -4.13. The van der Waals surface area contributed by atoms with Gasteiger partial charge in [0.25, 0.3) is 10.0 Å². The quantitative estimate of drug-likeness (QED) is 0.428. The molecule has 0 bridgehead atoms. The van der Waals surface area contributed by atoms with Gasteiger partial charge in [-0.05, 0) is 74.7 Å². The fourth-order valence-electron chi connectivity index (χ4n) is 4.01. The highest BCUT2D eigenvalue weighted by molar-refractivity contribution is 7.92. The molecule has 3 aromatic carbocycles. The van der Waals surface area contributed by atoms with E-state index in [1.54, 1.807) is 44.2 Å². The molecule has 9 heteroatoms. The monoisotopic (exact) mass is 541 g/mol. The standard InChI is InChI=1S/C28H32ClN3O4S/c1-19-10-13-25(14-11-19)37(35,36)32(26-15-12-24(29)16-21(26)3)18-27(33)31(22(4)28(34)30-5)17-23-9-7-6-8-20(23)2/h6-16,22H,17-18H2,1-5H3,(H,30,34)/t22-/m1/s1. The van der Waals surface area contributed by atoms with Crippen molar-refractivity contribution in [3.05, 3.63) is 94.0 Å². The van der Waals surface area contributed by atoms with Crippen LogP contribution in [0, 0.1) is 20.8 Å². The summed E-state index contributed by atoms with van der Waals surface area (Å²) in [6, 6.07) is 18.0. The summed E-state index contributed by atoms with van der Waals surface area (Å²) < 4.78 is 28.8.